The summed E-state index contributed by atoms with van der Waals surface area (Å²) in [5, 5.41) is 13.6. The first kappa shape index (κ1) is 26.1. The molecule has 0 saturated carbocycles. The fourth-order valence-electron chi connectivity index (χ4n) is 3.14. The number of nitrogens with zero attached hydrogens (tertiary/aromatic N) is 1. The summed E-state index contributed by atoms with van der Waals surface area (Å²) in [5.41, 5.74) is 2.54. The molecular formula is C26H20BrCl3N2O2. The second-order valence-electron chi connectivity index (χ2n) is 7.35. The molecule has 0 spiro atoms. The highest BCUT2D eigenvalue weighted by Crippen LogP contribution is 2.36. The molecule has 0 aliphatic rings. The Labute approximate surface area is 222 Å². The summed E-state index contributed by atoms with van der Waals surface area (Å²) < 4.78 is 6.42. The molecule has 0 fully saturated rings. The van der Waals surface area contributed by atoms with E-state index in [2.05, 4.69) is 21.2 Å². The van der Waals surface area contributed by atoms with Gasteiger partial charge in [-0.05, 0) is 70.2 Å². The third kappa shape index (κ3) is 7.51. The first-order valence-corrected chi connectivity index (χ1v) is 12.3. The van der Waals surface area contributed by atoms with Crippen molar-refractivity contribution in [2.24, 2.45) is 0 Å². The van der Waals surface area contributed by atoms with E-state index in [0.29, 0.717) is 37.4 Å². The summed E-state index contributed by atoms with van der Waals surface area (Å²) in [6, 6.07) is 20.5. The van der Waals surface area contributed by atoms with Gasteiger partial charge in [0.25, 0.3) is 5.91 Å². The molecule has 1 amide bonds. The standard InChI is InChI=1S/C26H20BrCl3N2O2/c27-22-12-18(13-24(30)25(22)34-16-19-8-9-21(28)14-23(19)29)11-20(15-31)26(33)32-10-4-7-17-5-2-1-3-6-17/h1-3,5-6,8-9,11-14H,4,7,10,16H2,(H,32,33)/b20-11-. The van der Waals surface area contributed by atoms with Crippen LogP contribution in [0.15, 0.2) is 70.7 Å². The van der Waals surface area contributed by atoms with Crippen molar-refractivity contribution in [1.82, 2.24) is 5.32 Å². The molecule has 0 heterocycles. The number of halogens is 4. The number of carbonyl (C=O) groups excluding carboxylic acids is 1. The fraction of sp³-hybridized carbons (Fsp3) is 0.154. The molecule has 174 valence electrons. The normalized spacial score (nSPS) is 11.1. The second kappa shape index (κ2) is 12.8. The fourth-order valence-corrected chi connectivity index (χ4v) is 4.59. The van der Waals surface area contributed by atoms with Gasteiger partial charge in [0.15, 0.2) is 5.75 Å². The van der Waals surface area contributed by atoms with Crippen LogP contribution in [0.25, 0.3) is 6.08 Å². The van der Waals surface area contributed by atoms with Crippen molar-refractivity contribution in [2.75, 3.05) is 6.54 Å². The number of carbonyl (C=O) groups is 1. The summed E-state index contributed by atoms with van der Waals surface area (Å²) in [6.07, 6.45) is 3.11. The lowest BCUT2D eigenvalue weighted by atomic mass is 10.1. The summed E-state index contributed by atoms with van der Waals surface area (Å²) >= 11 is 22.0. The molecule has 0 aliphatic carbocycles. The molecule has 0 aromatic heterocycles. The summed E-state index contributed by atoms with van der Waals surface area (Å²) in [7, 11) is 0. The minimum atomic E-state index is -0.430. The number of nitriles is 1. The van der Waals surface area contributed by atoms with Crippen molar-refractivity contribution in [3.63, 3.8) is 0 Å². The van der Waals surface area contributed by atoms with E-state index >= 15 is 0 Å². The number of benzene rings is 3. The number of hydrogen-bond acceptors (Lipinski definition) is 3. The van der Waals surface area contributed by atoms with E-state index in [9.17, 15) is 10.1 Å². The largest absolute Gasteiger partial charge is 0.486 e. The Hall–Kier alpha value is -2.49. The smallest absolute Gasteiger partial charge is 0.261 e. The first-order valence-electron chi connectivity index (χ1n) is 10.4. The van der Waals surface area contributed by atoms with Crippen molar-refractivity contribution < 1.29 is 9.53 Å². The van der Waals surface area contributed by atoms with Gasteiger partial charge in [0.2, 0.25) is 0 Å². The number of aryl methyl sites for hydroxylation is 1. The predicted molar refractivity (Wildman–Crippen MR) is 141 cm³/mol. The average molecular weight is 579 g/mol. The van der Waals surface area contributed by atoms with Gasteiger partial charge >= 0.3 is 0 Å². The Balaban J connectivity index is 1.62. The molecule has 0 aliphatic heterocycles. The van der Waals surface area contributed by atoms with Crippen LogP contribution >= 0.6 is 50.7 Å². The lowest BCUT2D eigenvalue weighted by molar-refractivity contribution is -0.117. The highest BCUT2D eigenvalue weighted by Gasteiger charge is 2.13. The van der Waals surface area contributed by atoms with Crippen LogP contribution in [0.4, 0.5) is 0 Å². The van der Waals surface area contributed by atoms with Gasteiger partial charge < -0.3 is 10.1 Å². The molecular weight excluding hydrogens is 559 g/mol. The van der Waals surface area contributed by atoms with Gasteiger partial charge in [0.1, 0.15) is 18.2 Å². The molecule has 3 rings (SSSR count). The van der Waals surface area contributed by atoms with E-state index in [-0.39, 0.29) is 12.2 Å². The lowest BCUT2D eigenvalue weighted by Crippen LogP contribution is -2.25. The van der Waals surface area contributed by atoms with Crippen molar-refractivity contribution >= 4 is 62.7 Å². The third-order valence-electron chi connectivity index (χ3n) is 4.85. The number of hydrogen-bond donors (Lipinski definition) is 1. The van der Waals surface area contributed by atoms with E-state index < -0.39 is 5.91 Å². The second-order valence-corrected chi connectivity index (χ2v) is 9.46. The van der Waals surface area contributed by atoms with E-state index in [1.807, 2.05) is 36.4 Å². The number of rotatable bonds is 9. The quantitative estimate of drug-likeness (QED) is 0.161. The van der Waals surface area contributed by atoms with Crippen molar-refractivity contribution in [3.05, 3.63) is 102 Å². The minimum Gasteiger partial charge on any atom is -0.486 e. The average Bonchev–Trinajstić information content (AvgIpc) is 2.81. The van der Waals surface area contributed by atoms with E-state index in [1.54, 1.807) is 30.3 Å². The monoisotopic (exact) mass is 576 g/mol. The Morgan fingerprint density at radius 3 is 2.50 bits per heavy atom. The Morgan fingerprint density at radius 2 is 1.82 bits per heavy atom. The van der Waals surface area contributed by atoms with E-state index in [1.165, 1.54) is 11.6 Å². The Morgan fingerprint density at radius 1 is 1.06 bits per heavy atom. The number of nitrogens with one attached hydrogen (secondary N) is 1. The van der Waals surface area contributed by atoms with Gasteiger partial charge in [0.05, 0.1) is 9.50 Å². The zero-order valence-electron chi connectivity index (χ0n) is 18.0. The molecule has 0 radical (unpaired) electrons. The highest BCUT2D eigenvalue weighted by molar-refractivity contribution is 9.10. The number of ether oxygens (including phenoxy) is 1. The first-order chi connectivity index (χ1) is 16.4. The summed E-state index contributed by atoms with van der Waals surface area (Å²) in [5.74, 6) is -0.00535. The molecule has 0 unspecified atom stereocenters. The molecule has 8 heteroatoms. The zero-order valence-corrected chi connectivity index (χ0v) is 21.8. The topological polar surface area (TPSA) is 62.1 Å². The summed E-state index contributed by atoms with van der Waals surface area (Å²) in [4.78, 5) is 12.4. The lowest BCUT2D eigenvalue weighted by Gasteiger charge is -2.12. The maximum atomic E-state index is 12.4. The van der Waals surface area contributed by atoms with E-state index in [4.69, 9.17) is 39.5 Å². The molecule has 0 saturated heterocycles. The van der Waals surface area contributed by atoms with Crippen LogP contribution < -0.4 is 10.1 Å². The van der Waals surface area contributed by atoms with Crippen molar-refractivity contribution in [1.29, 1.82) is 5.26 Å². The Bertz CT molecular complexity index is 1220. The van der Waals surface area contributed by atoms with Crippen LogP contribution in [0.3, 0.4) is 0 Å². The van der Waals surface area contributed by atoms with Crippen LogP contribution in [0.2, 0.25) is 15.1 Å². The summed E-state index contributed by atoms with van der Waals surface area (Å²) in [6.45, 7) is 0.662. The van der Waals surface area contributed by atoms with Crippen LogP contribution in [-0.4, -0.2) is 12.5 Å². The maximum Gasteiger partial charge on any atom is 0.261 e. The molecule has 1 N–H and O–H groups in total. The zero-order chi connectivity index (χ0) is 24.5. The van der Waals surface area contributed by atoms with Crippen LogP contribution in [0.5, 0.6) is 5.75 Å². The molecule has 34 heavy (non-hydrogen) atoms. The molecule has 3 aromatic carbocycles. The highest BCUT2D eigenvalue weighted by atomic mass is 79.9. The van der Waals surface area contributed by atoms with Gasteiger partial charge in [-0.3, -0.25) is 4.79 Å². The molecule has 4 nitrogen and oxygen atoms in total. The van der Waals surface area contributed by atoms with Crippen LogP contribution in [0, 0.1) is 11.3 Å². The Kier molecular flexibility index (Phi) is 9.86. The van der Waals surface area contributed by atoms with E-state index in [0.717, 1.165) is 18.4 Å². The third-order valence-corrected chi connectivity index (χ3v) is 6.31. The maximum absolute atomic E-state index is 12.4. The van der Waals surface area contributed by atoms with Crippen molar-refractivity contribution in [2.45, 2.75) is 19.4 Å². The van der Waals surface area contributed by atoms with Gasteiger partial charge in [-0.15, -0.1) is 0 Å². The SMILES string of the molecule is N#C/C(=C/c1cc(Cl)c(OCc2ccc(Cl)cc2Cl)c(Br)c1)C(=O)NCCCc1ccccc1. The molecule has 0 bridgehead atoms. The van der Waals surface area contributed by atoms with Gasteiger partial charge in [0, 0.05) is 22.2 Å². The van der Waals surface area contributed by atoms with Gasteiger partial charge in [-0.2, -0.15) is 5.26 Å². The van der Waals surface area contributed by atoms with Crippen molar-refractivity contribution in [3.8, 4) is 11.8 Å². The van der Waals surface area contributed by atoms with Crippen LogP contribution in [0.1, 0.15) is 23.1 Å². The van der Waals surface area contributed by atoms with Gasteiger partial charge in [-0.25, -0.2) is 0 Å². The minimum absolute atomic E-state index is 0.00991. The van der Waals surface area contributed by atoms with Gasteiger partial charge in [-0.1, -0.05) is 71.2 Å². The predicted octanol–water partition coefficient (Wildman–Crippen LogP) is 7.64. The number of amides is 1. The van der Waals surface area contributed by atoms with Crippen LogP contribution in [-0.2, 0) is 17.8 Å². The molecule has 3 aromatic rings. The molecule has 0 atom stereocenters.